The topological polar surface area (TPSA) is 75.3 Å². The largest absolute Gasteiger partial charge is 0.346 e. The quantitative estimate of drug-likeness (QED) is 0.507. The molecule has 0 saturated carbocycles. The summed E-state index contributed by atoms with van der Waals surface area (Å²) in [5.74, 6) is -0.00803. The van der Waals surface area contributed by atoms with E-state index in [-0.39, 0.29) is 23.0 Å². The maximum absolute atomic E-state index is 12.7. The first-order chi connectivity index (χ1) is 12.5. The van der Waals surface area contributed by atoms with Crippen LogP contribution in [0.15, 0.2) is 0 Å². The Morgan fingerprint density at radius 3 is 1.79 bits per heavy atom. The first-order valence-electron chi connectivity index (χ1n) is 10.7. The minimum Gasteiger partial charge on any atom is -0.346 e. The van der Waals surface area contributed by atoms with Gasteiger partial charge in [-0.15, -0.1) is 0 Å². The molecule has 0 fully saturated rings. The molecule has 0 aliphatic carbocycles. The van der Waals surface area contributed by atoms with Crippen LogP contribution in [0.2, 0.25) is 0 Å². The van der Waals surface area contributed by atoms with Crippen LogP contribution < -0.4 is 10.6 Å². The summed E-state index contributed by atoms with van der Waals surface area (Å²) in [4.78, 5) is 37.3. The highest BCUT2D eigenvalue weighted by Crippen LogP contribution is 2.22. The maximum atomic E-state index is 12.7. The molecule has 164 valence electrons. The summed E-state index contributed by atoms with van der Waals surface area (Å²) < 4.78 is 0. The van der Waals surface area contributed by atoms with Crippen LogP contribution in [0.4, 0.5) is 0 Å². The van der Waals surface area contributed by atoms with Gasteiger partial charge in [0.05, 0.1) is 6.04 Å². The van der Waals surface area contributed by atoms with Crippen LogP contribution in [0.1, 0.15) is 101 Å². The number of hydrogen-bond acceptors (Lipinski definition) is 4. The number of carbonyl (C=O) groups is 3. The highest BCUT2D eigenvalue weighted by molar-refractivity contribution is 5.93. The van der Waals surface area contributed by atoms with Crippen LogP contribution >= 0.6 is 0 Å². The molecule has 0 aromatic rings. The van der Waals surface area contributed by atoms with Gasteiger partial charge in [-0.3, -0.25) is 14.4 Å². The zero-order valence-corrected chi connectivity index (χ0v) is 19.8. The molecule has 5 heteroatoms. The van der Waals surface area contributed by atoms with Crippen molar-refractivity contribution in [3.05, 3.63) is 0 Å². The van der Waals surface area contributed by atoms with Gasteiger partial charge in [0.15, 0.2) is 5.78 Å². The number of nitrogens with one attached hydrogen (secondary N) is 2. The average Bonchev–Trinajstić information content (AvgIpc) is 2.50. The fourth-order valence-corrected chi connectivity index (χ4v) is 2.76. The first-order valence-corrected chi connectivity index (χ1v) is 10.7. The molecule has 0 aliphatic rings. The minimum atomic E-state index is -0.596. The lowest BCUT2D eigenvalue weighted by Crippen LogP contribution is -2.46. The summed E-state index contributed by atoms with van der Waals surface area (Å²) in [6.07, 6.45) is 3.87. The van der Waals surface area contributed by atoms with E-state index in [9.17, 15) is 14.4 Å². The van der Waals surface area contributed by atoms with Gasteiger partial charge in [-0.05, 0) is 46.6 Å². The average molecular weight is 397 g/mol. The fraction of sp³-hybridized carbons (Fsp3) is 0.870. The number of rotatable bonds is 11. The highest BCUT2D eigenvalue weighted by atomic mass is 16.2. The van der Waals surface area contributed by atoms with Gasteiger partial charge >= 0.3 is 0 Å². The summed E-state index contributed by atoms with van der Waals surface area (Å²) in [5, 5.41) is 6.32. The lowest BCUT2D eigenvalue weighted by atomic mass is 9.82. The molecular formula is C23H44N2O3. The van der Waals surface area contributed by atoms with Crippen molar-refractivity contribution in [2.75, 3.05) is 6.54 Å². The molecule has 0 spiro atoms. The van der Waals surface area contributed by atoms with E-state index < -0.39 is 16.9 Å². The summed E-state index contributed by atoms with van der Waals surface area (Å²) in [6, 6.07) is -0.596. The molecule has 1 atom stereocenters. The van der Waals surface area contributed by atoms with E-state index in [1.165, 1.54) is 0 Å². The lowest BCUT2D eigenvalue weighted by Gasteiger charge is -2.26. The van der Waals surface area contributed by atoms with Crippen LogP contribution in [0.5, 0.6) is 0 Å². The first kappa shape index (κ1) is 26.8. The van der Waals surface area contributed by atoms with E-state index in [1.54, 1.807) is 0 Å². The van der Waals surface area contributed by atoms with Crippen LogP contribution in [0.3, 0.4) is 0 Å². The number of Topliss-reactive ketones (excluding diaryl/α,β-unsaturated/α-hetero) is 2. The zero-order valence-electron chi connectivity index (χ0n) is 19.8. The molecule has 0 heterocycles. The number of unbranched alkanes of at least 4 members (excludes halogenated alkanes) is 2. The van der Waals surface area contributed by atoms with Crippen molar-refractivity contribution in [3.63, 3.8) is 0 Å². The van der Waals surface area contributed by atoms with Gasteiger partial charge < -0.3 is 10.6 Å². The molecule has 0 aliphatic heterocycles. The third-order valence-electron chi connectivity index (χ3n) is 4.62. The second-order valence-corrected chi connectivity index (χ2v) is 10.9. The molecule has 0 rings (SSSR count). The maximum Gasteiger partial charge on any atom is 0.220 e. The van der Waals surface area contributed by atoms with Crippen molar-refractivity contribution in [2.45, 2.75) is 112 Å². The van der Waals surface area contributed by atoms with Crippen molar-refractivity contribution in [2.24, 2.45) is 10.8 Å². The van der Waals surface area contributed by atoms with E-state index in [2.05, 4.69) is 31.4 Å². The molecular weight excluding hydrogens is 352 g/mol. The molecule has 1 amide bonds. The Kier molecular flexibility index (Phi) is 10.6. The molecule has 0 aromatic heterocycles. The third-order valence-corrected chi connectivity index (χ3v) is 4.62. The predicted octanol–water partition coefficient (Wildman–Crippen LogP) is 4.43. The Morgan fingerprint density at radius 2 is 1.32 bits per heavy atom. The van der Waals surface area contributed by atoms with Crippen LogP contribution in [-0.2, 0) is 14.4 Å². The standard InChI is InChI=1S/C23H44N2O3/c1-21(2,3)18(26)15-14-17(20(28)22(4,5)6)25-19(27)13-11-10-12-16-24-23(7,8)9/h17,24H,10-16H2,1-9H3,(H,25,27). The van der Waals surface area contributed by atoms with Crippen molar-refractivity contribution in [1.29, 1.82) is 0 Å². The van der Waals surface area contributed by atoms with Gasteiger partial charge in [0.2, 0.25) is 5.91 Å². The molecule has 0 radical (unpaired) electrons. The van der Waals surface area contributed by atoms with Gasteiger partial charge in [0.1, 0.15) is 5.78 Å². The highest BCUT2D eigenvalue weighted by Gasteiger charge is 2.32. The van der Waals surface area contributed by atoms with Crippen LogP contribution in [0.25, 0.3) is 0 Å². The van der Waals surface area contributed by atoms with Crippen molar-refractivity contribution >= 4 is 17.5 Å². The molecule has 28 heavy (non-hydrogen) atoms. The van der Waals surface area contributed by atoms with Crippen molar-refractivity contribution < 1.29 is 14.4 Å². The fourth-order valence-electron chi connectivity index (χ4n) is 2.76. The zero-order chi connectivity index (χ0) is 22.2. The summed E-state index contributed by atoms with van der Waals surface area (Å²) >= 11 is 0. The smallest absolute Gasteiger partial charge is 0.220 e. The molecule has 1 unspecified atom stereocenters. The normalized spacial score (nSPS) is 13.9. The van der Waals surface area contributed by atoms with Gasteiger partial charge in [-0.25, -0.2) is 0 Å². The van der Waals surface area contributed by atoms with Gasteiger partial charge in [0, 0.05) is 29.2 Å². The Bertz CT molecular complexity index is 519. The summed E-state index contributed by atoms with van der Waals surface area (Å²) in [7, 11) is 0. The molecule has 2 N–H and O–H groups in total. The number of ketones is 2. The SMILES string of the molecule is CC(C)(C)NCCCCCC(=O)NC(CCC(=O)C(C)(C)C)C(=O)C(C)(C)C. The minimum absolute atomic E-state index is 0.0167. The van der Waals surface area contributed by atoms with Gasteiger partial charge in [-0.1, -0.05) is 48.0 Å². The van der Waals surface area contributed by atoms with Gasteiger partial charge in [-0.2, -0.15) is 0 Å². The van der Waals surface area contributed by atoms with Crippen molar-refractivity contribution in [3.8, 4) is 0 Å². The van der Waals surface area contributed by atoms with E-state index in [0.29, 0.717) is 19.3 Å². The summed E-state index contributed by atoms with van der Waals surface area (Å²) in [5.41, 5.74) is -0.871. The Balaban J connectivity index is 4.55. The van der Waals surface area contributed by atoms with E-state index in [1.807, 2.05) is 41.5 Å². The monoisotopic (exact) mass is 396 g/mol. The van der Waals surface area contributed by atoms with Crippen LogP contribution in [-0.4, -0.2) is 35.6 Å². The Hall–Kier alpha value is -1.23. The summed E-state index contributed by atoms with van der Waals surface area (Å²) in [6.45, 7) is 18.5. The predicted molar refractivity (Wildman–Crippen MR) is 116 cm³/mol. The van der Waals surface area contributed by atoms with E-state index in [0.717, 1.165) is 25.8 Å². The van der Waals surface area contributed by atoms with Crippen molar-refractivity contribution in [1.82, 2.24) is 10.6 Å². The van der Waals surface area contributed by atoms with Gasteiger partial charge in [0.25, 0.3) is 0 Å². The Morgan fingerprint density at radius 1 is 0.750 bits per heavy atom. The molecule has 0 aromatic carbocycles. The molecule has 5 nitrogen and oxygen atoms in total. The lowest BCUT2D eigenvalue weighted by molar-refractivity contribution is -0.133. The molecule has 0 saturated heterocycles. The molecule has 0 bridgehead atoms. The van der Waals surface area contributed by atoms with E-state index >= 15 is 0 Å². The second kappa shape index (κ2) is 11.1. The Labute approximate surface area is 172 Å². The van der Waals surface area contributed by atoms with Crippen LogP contribution in [0, 0.1) is 10.8 Å². The number of amides is 1. The third kappa shape index (κ3) is 12.3. The number of hydrogen-bond donors (Lipinski definition) is 2. The number of carbonyl (C=O) groups excluding carboxylic acids is 3. The second-order valence-electron chi connectivity index (χ2n) is 10.9. The van der Waals surface area contributed by atoms with E-state index in [4.69, 9.17) is 0 Å².